The van der Waals surface area contributed by atoms with Crippen LogP contribution in [-0.2, 0) is 21.3 Å². The first kappa shape index (κ1) is 19.8. The van der Waals surface area contributed by atoms with Gasteiger partial charge in [0.15, 0.2) is 0 Å². The van der Waals surface area contributed by atoms with Gasteiger partial charge < -0.3 is 23.3 Å². The lowest BCUT2D eigenvalue weighted by atomic mass is 9.76. The summed E-state index contributed by atoms with van der Waals surface area (Å²) in [6, 6.07) is 11.5. The van der Waals surface area contributed by atoms with Gasteiger partial charge in [-0.15, -0.1) is 0 Å². The van der Waals surface area contributed by atoms with E-state index in [0.717, 1.165) is 17.0 Å². The van der Waals surface area contributed by atoms with Crippen molar-refractivity contribution in [3.63, 3.8) is 0 Å². The van der Waals surface area contributed by atoms with Crippen LogP contribution < -0.4 is 9.47 Å². The van der Waals surface area contributed by atoms with Crippen LogP contribution in [0, 0.1) is 0 Å². The Morgan fingerprint density at radius 2 is 1.47 bits per heavy atom. The lowest BCUT2D eigenvalue weighted by Crippen LogP contribution is -2.24. The molecule has 0 aliphatic carbocycles. The number of rotatable bonds is 5. The predicted molar refractivity (Wildman–Crippen MR) is 110 cm³/mol. The number of esters is 2. The number of nitrogens with zero attached hydrogens (tertiary/aromatic N) is 1. The SMILES string of the molecule is COC(=O)c1c(C(=O)OC)c2cc(OC)cc3n2c1CC3(C)c1ccc(OC)cc1. The minimum atomic E-state index is -0.591. The van der Waals surface area contributed by atoms with Gasteiger partial charge in [0.1, 0.15) is 17.1 Å². The summed E-state index contributed by atoms with van der Waals surface area (Å²) >= 11 is 0. The van der Waals surface area contributed by atoms with Gasteiger partial charge in [0.2, 0.25) is 0 Å². The molecule has 0 bridgehead atoms. The van der Waals surface area contributed by atoms with Crippen molar-refractivity contribution in [3.05, 3.63) is 64.5 Å². The Balaban J connectivity index is 2.05. The Kier molecular flexibility index (Phi) is 4.68. The Labute approximate surface area is 174 Å². The number of hydrogen-bond donors (Lipinski definition) is 0. The third-order valence-electron chi connectivity index (χ3n) is 5.93. The number of carbonyl (C=O) groups excluding carboxylic acids is 2. The Hall–Kier alpha value is -3.48. The molecule has 0 amide bonds. The molecule has 3 aromatic rings. The summed E-state index contributed by atoms with van der Waals surface area (Å²) in [5.41, 5.74) is 3.21. The zero-order chi connectivity index (χ0) is 21.6. The first-order chi connectivity index (χ1) is 14.4. The Morgan fingerprint density at radius 3 is 2.03 bits per heavy atom. The molecule has 0 spiro atoms. The van der Waals surface area contributed by atoms with E-state index in [-0.39, 0.29) is 11.1 Å². The van der Waals surface area contributed by atoms with E-state index in [1.165, 1.54) is 14.2 Å². The van der Waals surface area contributed by atoms with Crippen LogP contribution >= 0.6 is 0 Å². The number of methoxy groups -OCH3 is 4. The van der Waals surface area contributed by atoms with Gasteiger partial charge in [-0.1, -0.05) is 12.1 Å². The maximum atomic E-state index is 12.7. The van der Waals surface area contributed by atoms with E-state index in [1.807, 2.05) is 34.7 Å². The van der Waals surface area contributed by atoms with Crippen molar-refractivity contribution in [1.82, 2.24) is 4.40 Å². The fourth-order valence-electron chi connectivity index (χ4n) is 4.39. The van der Waals surface area contributed by atoms with Crippen LogP contribution in [0.2, 0.25) is 0 Å². The van der Waals surface area contributed by atoms with E-state index >= 15 is 0 Å². The minimum absolute atomic E-state index is 0.191. The fraction of sp³-hybridized carbons (Fsp3) is 0.304. The highest BCUT2D eigenvalue weighted by molar-refractivity contribution is 6.10. The number of benzene rings is 1. The quantitative estimate of drug-likeness (QED) is 0.602. The molecule has 156 valence electrons. The molecule has 1 atom stereocenters. The van der Waals surface area contributed by atoms with Gasteiger partial charge in [0, 0.05) is 35.4 Å². The van der Waals surface area contributed by atoms with Crippen molar-refractivity contribution in [3.8, 4) is 11.5 Å². The minimum Gasteiger partial charge on any atom is -0.497 e. The normalized spacial score (nSPS) is 17.1. The van der Waals surface area contributed by atoms with Crippen LogP contribution in [-0.4, -0.2) is 44.8 Å². The highest BCUT2D eigenvalue weighted by Gasteiger charge is 2.43. The number of hydrogen-bond acceptors (Lipinski definition) is 6. The number of aromatic nitrogens is 1. The fourth-order valence-corrected chi connectivity index (χ4v) is 4.39. The highest BCUT2D eigenvalue weighted by Crippen LogP contribution is 2.46. The standard InChI is InChI=1S/C23H23NO6/c1-23(13-6-8-14(27-2)9-7-13)12-17-20(22(26)30-5)19(21(25)29-4)16-10-15(28-3)11-18(23)24(16)17/h6-11H,12H2,1-5H3. The molecule has 0 radical (unpaired) electrons. The van der Waals surface area contributed by atoms with Crippen molar-refractivity contribution < 1.29 is 28.5 Å². The lowest BCUT2D eigenvalue weighted by Gasteiger charge is -2.26. The van der Waals surface area contributed by atoms with Crippen LogP contribution in [0.5, 0.6) is 11.5 Å². The van der Waals surface area contributed by atoms with Gasteiger partial charge in [-0.25, -0.2) is 9.59 Å². The van der Waals surface area contributed by atoms with Gasteiger partial charge in [-0.05, 0) is 24.6 Å². The first-order valence-corrected chi connectivity index (χ1v) is 9.46. The lowest BCUT2D eigenvalue weighted by molar-refractivity contribution is 0.0557. The Morgan fingerprint density at radius 1 is 0.867 bits per heavy atom. The van der Waals surface area contributed by atoms with Gasteiger partial charge in [-0.2, -0.15) is 0 Å². The number of pyridine rings is 1. The number of ether oxygens (including phenoxy) is 4. The van der Waals surface area contributed by atoms with Gasteiger partial charge in [0.25, 0.3) is 0 Å². The van der Waals surface area contributed by atoms with Crippen molar-refractivity contribution in [2.24, 2.45) is 0 Å². The zero-order valence-corrected chi connectivity index (χ0v) is 17.6. The van der Waals surface area contributed by atoms with Crippen molar-refractivity contribution >= 4 is 17.5 Å². The molecule has 1 aliphatic rings. The summed E-state index contributed by atoms with van der Waals surface area (Å²) in [4.78, 5) is 25.3. The molecule has 1 unspecified atom stereocenters. The molecular formula is C23H23NO6. The summed E-state index contributed by atoms with van der Waals surface area (Å²) in [7, 11) is 5.79. The van der Waals surface area contributed by atoms with Gasteiger partial charge in [0.05, 0.1) is 39.5 Å². The van der Waals surface area contributed by atoms with E-state index in [4.69, 9.17) is 18.9 Å². The summed E-state index contributed by atoms with van der Waals surface area (Å²) < 4.78 is 22.8. The average Bonchev–Trinajstić information content (AvgIpc) is 3.26. The summed E-state index contributed by atoms with van der Waals surface area (Å²) in [6.45, 7) is 2.11. The molecule has 0 saturated heterocycles. The molecule has 0 saturated carbocycles. The topological polar surface area (TPSA) is 75.5 Å². The molecular weight excluding hydrogens is 386 g/mol. The second-order valence-corrected chi connectivity index (χ2v) is 7.42. The number of carbonyl (C=O) groups is 2. The monoisotopic (exact) mass is 409 g/mol. The van der Waals surface area contributed by atoms with Crippen LogP contribution in [0.1, 0.15) is 44.6 Å². The van der Waals surface area contributed by atoms with Crippen molar-refractivity contribution in [2.45, 2.75) is 18.8 Å². The largest absolute Gasteiger partial charge is 0.497 e. The van der Waals surface area contributed by atoms with E-state index in [2.05, 4.69) is 6.92 Å². The van der Waals surface area contributed by atoms with Crippen LogP contribution in [0.4, 0.5) is 0 Å². The van der Waals surface area contributed by atoms with Gasteiger partial charge in [-0.3, -0.25) is 0 Å². The average molecular weight is 409 g/mol. The second kappa shape index (κ2) is 7.09. The van der Waals surface area contributed by atoms with Crippen LogP contribution in [0.25, 0.3) is 5.52 Å². The van der Waals surface area contributed by atoms with Crippen LogP contribution in [0.3, 0.4) is 0 Å². The summed E-state index contributed by atoms with van der Waals surface area (Å²) in [6.07, 6.45) is 0.504. The zero-order valence-electron chi connectivity index (χ0n) is 17.6. The third kappa shape index (κ3) is 2.65. The van der Waals surface area contributed by atoms with E-state index in [1.54, 1.807) is 20.3 Å². The molecule has 0 N–H and O–H groups in total. The molecule has 3 heterocycles. The molecule has 1 aliphatic heterocycles. The first-order valence-electron chi connectivity index (χ1n) is 9.46. The van der Waals surface area contributed by atoms with Gasteiger partial charge >= 0.3 is 11.9 Å². The van der Waals surface area contributed by atoms with E-state index < -0.39 is 17.4 Å². The molecule has 1 aromatic carbocycles. The summed E-state index contributed by atoms with van der Waals surface area (Å²) in [5, 5.41) is 0. The van der Waals surface area contributed by atoms with Crippen molar-refractivity contribution in [2.75, 3.05) is 28.4 Å². The molecule has 0 fully saturated rings. The third-order valence-corrected chi connectivity index (χ3v) is 5.93. The molecule has 7 heteroatoms. The maximum Gasteiger partial charge on any atom is 0.340 e. The van der Waals surface area contributed by atoms with Crippen LogP contribution in [0.15, 0.2) is 36.4 Å². The van der Waals surface area contributed by atoms with E-state index in [9.17, 15) is 9.59 Å². The Bertz CT molecular complexity index is 1160. The predicted octanol–water partition coefficient (Wildman–Crippen LogP) is 3.39. The smallest absolute Gasteiger partial charge is 0.340 e. The molecule has 7 nitrogen and oxygen atoms in total. The maximum absolute atomic E-state index is 12.7. The van der Waals surface area contributed by atoms with Crippen molar-refractivity contribution in [1.29, 1.82) is 0 Å². The highest BCUT2D eigenvalue weighted by atomic mass is 16.5. The summed E-state index contributed by atoms with van der Waals surface area (Å²) in [5.74, 6) is 0.188. The molecule has 2 aromatic heterocycles. The molecule has 30 heavy (non-hydrogen) atoms. The second-order valence-electron chi connectivity index (χ2n) is 7.42. The van der Waals surface area contributed by atoms with E-state index in [0.29, 0.717) is 23.4 Å². The molecule has 4 rings (SSSR count).